The lowest BCUT2D eigenvalue weighted by molar-refractivity contribution is -0.129. The molecule has 1 fully saturated rings. The minimum Gasteiger partial charge on any atom is -0.390 e. The van der Waals surface area contributed by atoms with Gasteiger partial charge in [0.1, 0.15) is 11.6 Å². The third kappa shape index (κ3) is 3.77. The van der Waals surface area contributed by atoms with Gasteiger partial charge in [-0.3, -0.25) is 4.79 Å². The van der Waals surface area contributed by atoms with E-state index >= 15 is 0 Å². The molecule has 2 heterocycles. The summed E-state index contributed by atoms with van der Waals surface area (Å²) in [6.45, 7) is 5.61. The molecule has 1 saturated carbocycles. The van der Waals surface area contributed by atoms with Crippen molar-refractivity contribution in [3.8, 4) is 11.8 Å². The van der Waals surface area contributed by atoms with Crippen molar-refractivity contribution in [1.82, 2.24) is 24.8 Å². The second-order valence-electron chi connectivity index (χ2n) is 7.87. The van der Waals surface area contributed by atoms with Gasteiger partial charge in [0.05, 0.1) is 30.1 Å². The molecule has 3 aromatic rings. The summed E-state index contributed by atoms with van der Waals surface area (Å²) in [4.78, 5) is 26.0. The number of aliphatic hydroxyl groups is 2. The van der Waals surface area contributed by atoms with Gasteiger partial charge < -0.3 is 20.1 Å². The van der Waals surface area contributed by atoms with Crippen molar-refractivity contribution < 1.29 is 15.0 Å². The van der Waals surface area contributed by atoms with Crippen LogP contribution < -0.4 is 5.32 Å². The smallest absolute Gasteiger partial charge is 0.225 e. The van der Waals surface area contributed by atoms with Gasteiger partial charge >= 0.3 is 0 Å². The number of benzene rings is 1. The van der Waals surface area contributed by atoms with Gasteiger partial charge in [-0.25, -0.2) is 15.0 Å². The highest BCUT2D eigenvalue weighted by Crippen LogP contribution is 2.44. The highest BCUT2D eigenvalue weighted by atomic mass is 16.3. The molecule has 1 aliphatic carbocycles. The van der Waals surface area contributed by atoms with E-state index in [0.717, 1.165) is 5.56 Å². The van der Waals surface area contributed by atoms with E-state index in [0.29, 0.717) is 29.1 Å². The lowest BCUT2D eigenvalue weighted by Crippen LogP contribution is -2.38. The molecule has 0 aliphatic heterocycles. The van der Waals surface area contributed by atoms with Gasteiger partial charge in [0.15, 0.2) is 5.65 Å². The standard InChI is InChI=1S/C24H25N5O3/c1-4-8-16-18(24(32)25-3)21(30)22(31)20(16)29-13-26-19-14(2)27-17(28-23(19)29)12-11-15-9-6-5-7-10-15/h4-7,9-10,13,16,18,20-22,30-31H,1,8H2,2-3H3,(H,25,32)/t16?,18-,20+,21+,22-/m0/s1. The maximum absolute atomic E-state index is 12.5. The summed E-state index contributed by atoms with van der Waals surface area (Å²) in [5.74, 6) is 4.88. The molecule has 3 N–H and O–H groups in total. The van der Waals surface area contributed by atoms with Crippen molar-refractivity contribution in [2.45, 2.75) is 31.6 Å². The van der Waals surface area contributed by atoms with Crippen LogP contribution in [0, 0.1) is 30.6 Å². The van der Waals surface area contributed by atoms with E-state index in [9.17, 15) is 15.0 Å². The molecule has 0 radical (unpaired) electrons. The summed E-state index contributed by atoms with van der Waals surface area (Å²) in [7, 11) is 1.51. The molecular weight excluding hydrogens is 406 g/mol. The Hall–Kier alpha value is -3.54. The van der Waals surface area contributed by atoms with Crippen LogP contribution in [0.4, 0.5) is 0 Å². The molecule has 5 atom stereocenters. The number of nitrogens with zero attached hydrogens (tertiary/aromatic N) is 4. The summed E-state index contributed by atoms with van der Waals surface area (Å²) in [6, 6.07) is 8.92. The quantitative estimate of drug-likeness (QED) is 0.425. The average Bonchev–Trinajstić information content (AvgIpc) is 3.32. The van der Waals surface area contributed by atoms with Crippen LogP contribution in [0.5, 0.6) is 0 Å². The number of aryl methyl sites for hydroxylation is 1. The fourth-order valence-corrected chi connectivity index (χ4v) is 4.48. The molecular formula is C24H25N5O3. The SMILES string of the molecule is C=CCC1[C@@H](n2cnc3c(C)nc(C#Cc4ccccc4)nc32)[C@H](O)[C@H](O)[C@H]1C(=O)NC. The Kier molecular flexibility index (Phi) is 6.04. The van der Waals surface area contributed by atoms with Crippen LogP contribution in [-0.2, 0) is 4.79 Å². The third-order valence-corrected chi connectivity index (χ3v) is 5.97. The number of aliphatic hydroxyl groups excluding tert-OH is 2. The summed E-state index contributed by atoms with van der Waals surface area (Å²) < 4.78 is 1.72. The molecule has 0 spiro atoms. The molecule has 32 heavy (non-hydrogen) atoms. The molecule has 1 aliphatic rings. The average molecular weight is 431 g/mol. The number of imidazole rings is 1. The molecule has 1 aromatic carbocycles. The number of amides is 1. The first-order chi connectivity index (χ1) is 15.5. The number of hydrogen-bond acceptors (Lipinski definition) is 6. The van der Waals surface area contributed by atoms with Gasteiger partial charge in [0.25, 0.3) is 0 Å². The summed E-state index contributed by atoms with van der Waals surface area (Å²) in [6.07, 6.45) is 1.30. The molecule has 164 valence electrons. The molecule has 1 unspecified atom stereocenters. The Morgan fingerprint density at radius 2 is 1.97 bits per heavy atom. The normalized spacial score (nSPS) is 24.7. The Morgan fingerprint density at radius 1 is 1.22 bits per heavy atom. The summed E-state index contributed by atoms with van der Waals surface area (Å²) in [5, 5.41) is 24.2. The molecule has 8 nitrogen and oxygen atoms in total. The van der Waals surface area contributed by atoms with Gasteiger partial charge in [-0.15, -0.1) is 6.58 Å². The number of aromatic nitrogens is 4. The zero-order valence-electron chi connectivity index (χ0n) is 17.9. The zero-order chi connectivity index (χ0) is 22.8. The van der Waals surface area contributed by atoms with E-state index < -0.39 is 24.2 Å². The molecule has 8 heteroatoms. The first kappa shape index (κ1) is 21.7. The molecule has 0 saturated heterocycles. The molecule has 2 aromatic heterocycles. The highest BCUT2D eigenvalue weighted by molar-refractivity contribution is 5.80. The lowest BCUT2D eigenvalue weighted by atomic mass is 9.89. The second kappa shape index (κ2) is 8.91. The van der Waals surface area contributed by atoms with Gasteiger partial charge in [-0.2, -0.15) is 0 Å². The fraction of sp³-hybridized carbons (Fsp3) is 0.333. The van der Waals surface area contributed by atoms with Crippen LogP contribution in [0.15, 0.2) is 49.3 Å². The van der Waals surface area contributed by atoms with Crippen LogP contribution >= 0.6 is 0 Å². The number of rotatable bonds is 4. The van der Waals surface area contributed by atoms with Crippen LogP contribution in [0.25, 0.3) is 11.2 Å². The number of carbonyl (C=O) groups excluding carboxylic acids is 1. The van der Waals surface area contributed by atoms with E-state index in [-0.39, 0.29) is 11.8 Å². The van der Waals surface area contributed by atoms with Crippen LogP contribution in [-0.4, -0.2) is 54.9 Å². The Labute approximate surface area is 186 Å². The summed E-state index contributed by atoms with van der Waals surface area (Å²) >= 11 is 0. The Morgan fingerprint density at radius 3 is 2.66 bits per heavy atom. The monoisotopic (exact) mass is 431 g/mol. The third-order valence-electron chi connectivity index (χ3n) is 5.97. The molecule has 4 rings (SSSR count). The van der Waals surface area contributed by atoms with Crippen molar-refractivity contribution in [3.63, 3.8) is 0 Å². The molecule has 1 amide bonds. The maximum atomic E-state index is 12.5. The zero-order valence-corrected chi connectivity index (χ0v) is 17.9. The van der Waals surface area contributed by atoms with Crippen LogP contribution in [0.3, 0.4) is 0 Å². The first-order valence-electron chi connectivity index (χ1n) is 10.4. The number of fused-ring (bicyclic) bond motifs is 1. The number of carbonyl (C=O) groups is 1. The van der Waals surface area contributed by atoms with E-state index in [1.807, 2.05) is 37.3 Å². The minimum atomic E-state index is -1.22. The highest BCUT2D eigenvalue weighted by Gasteiger charge is 2.53. The van der Waals surface area contributed by atoms with E-state index in [1.165, 1.54) is 7.05 Å². The van der Waals surface area contributed by atoms with E-state index in [4.69, 9.17) is 0 Å². The predicted molar refractivity (Wildman–Crippen MR) is 119 cm³/mol. The van der Waals surface area contributed by atoms with E-state index in [1.54, 1.807) is 17.0 Å². The predicted octanol–water partition coefficient (Wildman–Crippen LogP) is 1.37. The Balaban J connectivity index is 1.80. The van der Waals surface area contributed by atoms with Crippen molar-refractivity contribution in [1.29, 1.82) is 0 Å². The largest absolute Gasteiger partial charge is 0.390 e. The van der Waals surface area contributed by atoms with E-state index in [2.05, 4.69) is 38.7 Å². The van der Waals surface area contributed by atoms with Crippen molar-refractivity contribution in [2.75, 3.05) is 7.05 Å². The van der Waals surface area contributed by atoms with Gasteiger partial charge in [0.2, 0.25) is 11.7 Å². The summed E-state index contributed by atoms with van der Waals surface area (Å²) in [5.41, 5.74) is 2.58. The topological polar surface area (TPSA) is 113 Å². The van der Waals surface area contributed by atoms with Gasteiger partial charge in [-0.05, 0) is 37.3 Å². The van der Waals surface area contributed by atoms with Gasteiger partial charge in [0, 0.05) is 12.6 Å². The van der Waals surface area contributed by atoms with Gasteiger partial charge in [-0.1, -0.05) is 30.2 Å². The van der Waals surface area contributed by atoms with Crippen LogP contribution in [0.2, 0.25) is 0 Å². The van der Waals surface area contributed by atoms with Crippen molar-refractivity contribution >= 4 is 17.1 Å². The van der Waals surface area contributed by atoms with Crippen molar-refractivity contribution in [3.05, 3.63) is 66.4 Å². The first-order valence-corrected chi connectivity index (χ1v) is 10.4. The lowest BCUT2D eigenvalue weighted by Gasteiger charge is -2.24. The maximum Gasteiger partial charge on any atom is 0.225 e. The second-order valence-corrected chi connectivity index (χ2v) is 7.87. The minimum absolute atomic E-state index is 0.324. The van der Waals surface area contributed by atoms with Crippen LogP contribution in [0.1, 0.15) is 29.5 Å². The Bertz CT molecular complexity index is 1210. The fourth-order valence-electron chi connectivity index (χ4n) is 4.48. The number of nitrogens with one attached hydrogen (secondary N) is 1. The number of hydrogen-bond donors (Lipinski definition) is 3. The van der Waals surface area contributed by atoms with Crippen molar-refractivity contribution in [2.24, 2.45) is 11.8 Å². The number of allylic oxidation sites excluding steroid dienone is 1. The molecule has 0 bridgehead atoms.